The zero-order valence-corrected chi connectivity index (χ0v) is 82.7. The molecule has 7 aromatic rings. The number of nitrogens with one attached hydrogen (secondary N) is 11. The summed E-state index contributed by atoms with van der Waals surface area (Å²) in [5.41, 5.74) is 16.8. The number of rotatable bonds is 32. The summed E-state index contributed by atoms with van der Waals surface area (Å²) in [6.07, 6.45) is 6.73. The van der Waals surface area contributed by atoms with Crippen LogP contribution in [0, 0.1) is 11.8 Å². The number of primary amides is 1. The van der Waals surface area contributed by atoms with Crippen LogP contribution in [0.3, 0.4) is 0 Å². The van der Waals surface area contributed by atoms with Crippen molar-refractivity contribution in [1.82, 2.24) is 62.7 Å². The molecule has 0 saturated carbocycles. The summed E-state index contributed by atoms with van der Waals surface area (Å²) in [7, 11) is 11.1. The Morgan fingerprint density at radius 1 is 0.761 bits per heavy atom. The summed E-state index contributed by atoms with van der Waals surface area (Å²) in [5, 5.41) is 38.6. The fourth-order valence-corrected chi connectivity index (χ4v) is 22.3. The number of H-pyrrole nitrogens is 2. The Balaban J connectivity index is 0.792. The Morgan fingerprint density at radius 3 is 2.08 bits per heavy atom. The summed E-state index contributed by atoms with van der Waals surface area (Å²) in [4.78, 5) is 185. The van der Waals surface area contributed by atoms with Crippen molar-refractivity contribution >= 4 is 176 Å². The minimum Gasteiger partial charge on any atom is -0.508 e. The number of phenols is 1. The number of phenolic OH excluding ortho intramolecular Hbond substituents is 1. The summed E-state index contributed by atoms with van der Waals surface area (Å²) >= 11 is 9.13. The van der Waals surface area contributed by atoms with Gasteiger partial charge in [-0.3, -0.25) is 47.9 Å². The first-order valence-electron chi connectivity index (χ1n) is 44.7. The van der Waals surface area contributed by atoms with Crippen molar-refractivity contribution in [3.05, 3.63) is 184 Å². The quantitative estimate of drug-likeness (QED) is 0.00356. The Kier molecular flexibility index (Phi) is 38.3. The number of aromatic amines is 2. The molecule has 16 N–H and O–H groups in total. The maximum atomic E-state index is 15.6. The normalized spacial score (nSPS) is 25.0. The lowest BCUT2D eigenvalue weighted by Crippen LogP contribution is -2.62. The van der Waals surface area contributed by atoms with E-state index < -0.39 is 165 Å². The number of aromatic nitrogens is 2. The number of alkyl halides is 1. The molecule has 16 atom stereocenters. The maximum absolute atomic E-state index is 15.6. The molecular weight excluding hydrogens is 1930 g/mol. The number of nitrogens with zero attached hydrogens (tertiary/aromatic N) is 2. The molecule has 11 amide bonds. The first-order chi connectivity index (χ1) is 64.1. The molecule has 722 valence electrons. The molecule has 3 saturated heterocycles. The van der Waals surface area contributed by atoms with Gasteiger partial charge in [0.25, 0.3) is 0 Å². The highest BCUT2D eigenvalue weighted by Gasteiger charge is 2.65. The second kappa shape index (κ2) is 49.1. The number of anilines is 1. The van der Waals surface area contributed by atoms with E-state index in [9.17, 15) is 43.5 Å². The van der Waals surface area contributed by atoms with Gasteiger partial charge in [-0.15, -0.1) is 0 Å². The van der Waals surface area contributed by atoms with Crippen LogP contribution in [-0.2, 0) is 104 Å². The van der Waals surface area contributed by atoms with E-state index in [0.29, 0.717) is 71.7 Å². The molecule has 33 nitrogen and oxygen atoms in total. The molecule has 5 aromatic carbocycles. The summed E-state index contributed by atoms with van der Waals surface area (Å²) < 4.78 is 29.5. The molecule has 0 radical (unpaired) electrons. The highest BCUT2D eigenvalue weighted by molar-refractivity contribution is 14.1. The number of hydrogen-bond donors (Lipinski definition) is 14. The third-order valence-corrected chi connectivity index (χ3v) is 31.1. The number of likely N-dealkylation sites (N-methyl/N-ethyl adjacent to an activating group) is 1. The standard InChI is InChI=1S/C95H121ClIN15O18S4/c1-53(2)82-91(123)108-73(89(121)104-68(84(99)116)45-60-49-101-65-27-16-14-25-63(60)65)52-134-133-51-72(90(122)105-70(42-58-31-33-62(113)34-32-58)87(119)106-71(46-61-50-102-66-28-17-15-26-64(61)66)88(120)103-67(85(117)109-82)29-18-19-36-98)107-86(118)69(41-57-23-12-11-13-24-57)100-37-21-38-131-132-39-35-79(114)111(7)56(5)92(124)129-78-47-80(115)112(8)74-43-59(44-75(126-9)81(74)96)40-54(3)22-20-30-77(127-10)95(97)48-76(128-93(125)110-95)55(4)83-94(78,6)130-83/h11-17,20,22-28,30-34,43-44,49-50,53,55-56,67-73,76-78,82-83,100-102,113H,18-19,21,29,35-42,45-48,51-52,98H2,1-10H3,(H2,99,116)(H,103,120)(H,104,121)(H,105,122)(H,106,119)(H,107,118)(H,108,123)(H,109,117)(H,110,125)/b30-20+,54-22+/t55-,56+,67+,68+,69-,70+,71-,72+,73+,76+,77-,78+,82+,83+,94+,95?/m1/s1. The Bertz CT molecular complexity index is 5390. The van der Waals surface area contributed by atoms with Crippen LogP contribution in [0.25, 0.3) is 21.8 Å². The van der Waals surface area contributed by atoms with E-state index in [2.05, 4.69) is 80.4 Å². The second-order valence-electron chi connectivity index (χ2n) is 34.6. The van der Waals surface area contributed by atoms with Crippen LogP contribution in [0.1, 0.15) is 114 Å². The predicted octanol–water partition coefficient (Wildman–Crippen LogP) is 8.77. The molecule has 6 heterocycles. The van der Waals surface area contributed by atoms with Gasteiger partial charge in [0.1, 0.15) is 92.3 Å². The van der Waals surface area contributed by atoms with Crippen molar-refractivity contribution in [1.29, 1.82) is 0 Å². The van der Waals surface area contributed by atoms with Gasteiger partial charge in [-0.05, 0) is 143 Å². The molecule has 4 aliphatic heterocycles. The van der Waals surface area contributed by atoms with Crippen molar-refractivity contribution in [2.45, 2.75) is 207 Å². The van der Waals surface area contributed by atoms with Crippen LogP contribution in [-0.4, -0.2) is 243 Å². The highest BCUT2D eigenvalue weighted by atomic mass is 127. The van der Waals surface area contributed by atoms with Crippen molar-refractivity contribution in [2.24, 2.45) is 23.3 Å². The van der Waals surface area contributed by atoms with Crippen LogP contribution >= 0.6 is 77.4 Å². The van der Waals surface area contributed by atoms with Crippen LogP contribution < -0.4 is 69.0 Å². The molecule has 39 heteroatoms. The van der Waals surface area contributed by atoms with Gasteiger partial charge in [-0.25, -0.2) is 9.59 Å². The molecule has 2 aromatic heterocycles. The Hall–Kier alpha value is -10.0. The van der Waals surface area contributed by atoms with Gasteiger partial charge in [0.05, 0.1) is 31.4 Å². The molecule has 134 heavy (non-hydrogen) atoms. The number of benzene rings is 5. The minimum atomic E-state index is -1.48. The van der Waals surface area contributed by atoms with Gasteiger partial charge in [0.15, 0.2) is 0 Å². The zero-order valence-electron chi connectivity index (χ0n) is 76.6. The largest absolute Gasteiger partial charge is 0.508 e. The number of alkyl carbamates (subject to hydrolysis) is 1. The average Bonchev–Trinajstić information content (AvgIpc) is 1.57. The van der Waals surface area contributed by atoms with Gasteiger partial charge < -0.3 is 108 Å². The lowest BCUT2D eigenvalue weighted by Gasteiger charge is -2.42. The van der Waals surface area contributed by atoms with Crippen molar-refractivity contribution in [3.63, 3.8) is 0 Å². The number of methoxy groups -OCH3 is 2. The van der Waals surface area contributed by atoms with E-state index >= 15 is 19.2 Å². The van der Waals surface area contributed by atoms with E-state index in [1.54, 1.807) is 71.6 Å². The molecule has 4 bridgehead atoms. The van der Waals surface area contributed by atoms with Crippen LogP contribution in [0.4, 0.5) is 10.5 Å². The lowest BCUT2D eigenvalue weighted by molar-refractivity contribution is -0.162. The number of unbranched alkanes of at least 4 members (excludes halogenated alkanes) is 1. The number of ether oxygens (including phenoxy) is 5. The number of carbonyl (C=O) groups is 12. The molecule has 0 aliphatic carbocycles. The van der Waals surface area contributed by atoms with E-state index in [1.165, 1.54) is 64.6 Å². The van der Waals surface area contributed by atoms with Gasteiger partial charge in [0, 0.05) is 116 Å². The molecule has 1 unspecified atom stereocenters. The average molecular weight is 2050 g/mol. The number of fused-ring (bicyclic) bond motifs is 7. The summed E-state index contributed by atoms with van der Waals surface area (Å²) in [5.74, 6) is -8.40. The van der Waals surface area contributed by atoms with Crippen molar-refractivity contribution < 1.29 is 86.3 Å². The summed E-state index contributed by atoms with van der Waals surface area (Å²) in [6, 6.07) is 21.6. The number of nitrogens with two attached hydrogens (primary N) is 2. The van der Waals surface area contributed by atoms with Gasteiger partial charge in [0.2, 0.25) is 59.1 Å². The number of epoxide rings is 1. The molecule has 3 fully saturated rings. The number of halogens is 2. The number of aromatic hydroxyl groups is 1. The van der Waals surface area contributed by atoms with E-state index in [-0.39, 0.29) is 86.2 Å². The third-order valence-electron chi connectivity index (χ3n) is 24.5. The highest BCUT2D eigenvalue weighted by Crippen LogP contribution is 2.50. The zero-order chi connectivity index (χ0) is 96.7. The van der Waals surface area contributed by atoms with Crippen LogP contribution in [0.2, 0.25) is 5.02 Å². The number of hydrogen-bond acceptors (Lipinski definition) is 24. The Morgan fingerprint density at radius 2 is 1.40 bits per heavy atom. The number of para-hydroxylation sites is 2. The van der Waals surface area contributed by atoms with E-state index in [1.807, 2.05) is 111 Å². The molecule has 4 aliphatic rings. The summed E-state index contributed by atoms with van der Waals surface area (Å²) in [6.45, 7) is 11.0. The third kappa shape index (κ3) is 28.1. The molecule has 0 spiro atoms. The van der Waals surface area contributed by atoms with Crippen molar-refractivity contribution in [2.75, 3.05) is 69.3 Å². The van der Waals surface area contributed by atoms with Crippen LogP contribution in [0.15, 0.2) is 151 Å². The minimum absolute atomic E-state index is 0.0204. The van der Waals surface area contributed by atoms with Crippen molar-refractivity contribution in [3.8, 4) is 11.5 Å². The fourth-order valence-electron chi connectivity index (χ4n) is 16.4. The molecular formula is C95H121ClIN15O18S4. The number of allylic oxidation sites excluding steroid dienone is 3. The lowest BCUT2D eigenvalue weighted by atomic mass is 9.84. The number of amides is 11. The Labute approximate surface area is 814 Å². The second-order valence-corrected chi connectivity index (χ2v) is 42.2. The molecule has 11 rings (SSSR count). The van der Waals surface area contributed by atoms with Gasteiger partial charge in [-0.2, -0.15) is 0 Å². The number of esters is 1. The fraction of sp³-hybridized carbons (Fsp3) is 0.474. The maximum Gasteiger partial charge on any atom is 0.408 e. The van der Waals surface area contributed by atoms with E-state index in [4.69, 9.17) is 46.8 Å². The predicted molar refractivity (Wildman–Crippen MR) is 530 cm³/mol. The van der Waals surface area contributed by atoms with Gasteiger partial charge in [-0.1, -0.05) is 201 Å². The first kappa shape index (κ1) is 104. The van der Waals surface area contributed by atoms with Crippen LogP contribution in [0.5, 0.6) is 11.5 Å². The smallest absolute Gasteiger partial charge is 0.408 e. The monoisotopic (exact) mass is 2050 g/mol. The van der Waals surface area contributed by atoms with Gasteiger partial charge >= 0.3 is 12.1 Å². The topological polar surface area (TPSA) is 473 Å². The SMILES string of the molecule is COc1cc2cc(c1Cl)N(C)C(=O)C[C@H](OC(=O)[C@H](C)N(C)C(=O)CCSSCCCN[C@H](Cc1ccccc1)C(=O)N[C@H]1CSSC[C@@H](C(=O)N[C@@H](Cc3c[nH]c4ccccc34)C(N)=O)NC(=O)[C@H](C(C)C)NC(=O)[C@H](CCCCN)NC(=O)[C@@H](Cc3c[nH]c4ccccc34)NC(=O)[C@H](Cc3ccc(O)cc3)NC1=O)[C@]1(C)O[C@H]1[C@H](C)[C@@H]1CC(I)(NC(=O)O1)[C@H](OC)/C=C/C=C(\C)C2. The van der Waals surface area contributed by atoms with E-state index in [0.717, 1.165) is 60.1 Å². The first-order valence-corrected chi connectivity index (χ1v) is 51.1. The number of carbonyl (C=O) groups excluding carboxylic acids is 12.